The molecular weight excluding hydrogens is 276 g/mol. The number of aromatic nitrogens is 3. The first-order chi connectivity index (χ1) is 10.6. The van der Waals surface area contributed by atoms with Crippen LogP contribution in [0.5, 0.6) is 0 Å². The van der Waals surface area contributed by atoms with Crippen molar-refractivity contribution >= 4 is 22.2 Å². The van der Waals surface area contributed by atoms with Gasteiger partial charge in [0.25, 0.3) is 5.56 Å². The van der Waals surface area contributed by atoms with Crippen LogP contribution in [0, 0.1) is 6.92 Å². The molecule has 4 rings (SSSR count). The summed E-state index contributed by atoms with van der Waals surface area (Å²) in [5, 5.41) is 4.62. The van der Waals surface area contributed by atoms with Gasteiger partial charge in [-0.15, -0.1) is 0 Å². The Hall–Kier alpha value is -3.08. The quantitative estimate of drug-likeness (QED) is 0.529. The molecule has 2 aromatic heterocycles. The lowest BCUT2D eigenvalue weighted by atomic mass is 10.1. The van der Waals surface area contributed by atoms with Crippen LogP contribution in [0.15, 0.2) is 53.3 Å². The molecule has 0 amide bonds. The number of aromatic amines is 1. The highest BCUT2D eigenvalue weighted by Crippen LogP contribution is 2.24. The molecule has 0 aliphatic heterocycles. The molecule has 108 valence electrons. The molecule has 0 bridgehead atoms. The van der Waals surface area contributed by atoms with E-state index in [0.717, 1.165) is 22.3 Å². The number of nitrogen functional groups attached to an aromatic ring is 1. The van der Waals surface area contributed by atoms with Crippen molar-refractivity contribution in [3.63, 3.8) is 0 Å². The Morgan fingerprint density at radius 1 is 1.09 bits per heavy atom. The minimum absolute atomic E-state index is 0.176. The molecule has 2 heterocycles. The molecule has 5 nitrogen and oxygen atoms in total. The molecule has 0 aliphatic carbocycles. The average Bonchev–Trinajstić information content (AvgIpc) is 2.93. The highest BCUT2D eigenvalue weighted by atomic mass is 16.1. The molecule has 0 radical (unpaired) electrons. The van der Waals surface area contributed by atoms with Gasteiger partial charge in [0, 0.05) is 11.3 Å². The van der Waals surface area contributed by atoms with Crippen LogP contribution in [0.3, 0.4) is 0 Å². The van der Waals surface area contributed by atoms with Crippen LogP contribution in [0.2, 0.25) is 0 Å². The number of nitrogens with zero attached hydrogens (tertiary/aromatic N) is 2. The van der Waals surface area contributed by atoms with Crippen LogP contribution in [0.25, 0.3) is 27.8 Å². The zero-order valence-electron chi connectivity index (χ0n) is 12.0. The lowest BCUT2D eigenvalue weighted by Crippen LogP contribution is -2.10. The molecule has 0 unspecified atom stereocenters. The Balaban J connectivity index is 2.09. The van der Waals surface area contributed by atoms with Gasteiger partial charge in [-0.1, -0.05) is 24.3 Å². The standard InChI is InChI=1S/C17H14N4O/c1-10-4-2-3-5-12(10)13-9-16-17(22)19-14-8-11(18)6-7-15(14)21(16)20-13/h2-9H,18H2,1H3,(H,19,22). The molecule has 3 N–H and O–H groups in total. The number of benzene rings is 2. The summed E-state index contributed by atoms with van der Waals surface area (Å²) in [6.07, 6.45) is 0. The minimum Gasteiger partial charge on any atom is -0.399 e. The Morgan fingerprint density at radius 2 is 1.91 bits per heavy atom. The van der Waals surface area contributed by atoms with Gasteiger partial charge in [0.1, 0.15) is 5.52 Å². The number of fused-ring (bicyclic) bond motifs is 3. The normalized spacial score (nSPS) is 11.3. The van der Waals surface area contributed by atoms with Crippen molar-refractivity contribution in [3.8, 4) is 11.3 Å². The van der Waals surface area contributed by atoms with Gasteiger partial charge in [-0.3, -0.25) is 4.79 Å². The SMILES string of the molecule is Cc1ccccc1-c1cc2c(=O)[nH]c3cc(N)ccc3n2n1. The van der Waals surface area contributed by atoms with Gasteiger partial charge in [-0.05, 0) is 36.8 Å². The topological polar surface area (TPSA) is 76.2 Å². The summed E-state index contributed by atoms with van der Waals surface area (Å²) in [5.41, 5.74) is 11.2. The van der Waals surface area contributed by atoms with Crippen LogP contribution < -0.4 is 11.3 Å². The minimum atomic E-state index is -0.176. The number of nitrogens with two attached hydrogens (primary N) is 1. The van der Waals surface area contributed by atoms with Crippen molar-refractivity contribution < 1.29 is 0 Å². The van der Waals surface area contributed by atoms with Crippen LogP contribution in [-0.4, -0.2) is 14.6 Å². The van der Waals surface area contributed by atoms with Gasteiger partial charge in [0.2, 0.25) is 0 Å². The third-order valence-corrected chi connectivity index (χ3v) is 3.86. The first kappa shape index (κ1) is 12.6. The van der Waals surface area contributed by atoms with Crippen LogP contribution in [0.1, 0.15) is 5.56 Å². The highest BCUT2D eigenvalue weighted by Gasteiger charge is 2.11. The van der Waals surface area contributed by atoms with E-state index in [1.54, 1.807) is 16.6 Å². The monoisotopic (exact) mass is 290 g/mol. The fraction of sp³-hybridized carbons (Fsp3) is 0.0588. The van der Waals surface area contributed by atoms with Crippen molar-refractivity contribution in [2.45, 2.75) is 6.92 Å². The van der Waals surface area contributed by atoms with Crippen molar-refractivity contribution in [3.05, 3.63) is 64.4 Å². The van der Waals surface area contributed by atoms with Crippen LogP contribution in [0.4, 0.5) is 5.69 Å². The van der Waals surface area contributed by atoms with Gasteiger partial charge < -0.3 is 10.7 Å². The van der Waals surface area contributed by atoms with Crippen LogP contribution >= 0.6 is 0 Å². The fourth-order valence-corrected chi connectivity index (χ4v) is 2.74. The molecule has 0 fully saturated rings. The summed E-state index contributed by atoms with van der Waals surface area (Å²) in [7, 11) is 0. The van der Waals surface area contributed by atoms with Gasteiger partial charge in [-0.2, -0.15) is 5.10 Å². The maximum Gasteiger partial charge on any atom is 0.274 e. The molecule has 0 aliphatic rings. The maximum absolute atomic E-state index is 12.3. The lowest BCUT2D eigenvalue weighted by Gasteiger charge is -2.02. The van der Waals surface area contributed by atoms with Gasteiger partial charge in [-0.25, -0.2) is 4.52 Å². The Labute approximate surface area is 126 Å². The van der Waals surface area contributed by atoms with E-state index in [-0.39, 0.29) is 5.56 Å². The summed E-state index contributed by atoms with van der Waals surface area (Å²) in [6.45, 7) is 2.03. The third kappa shape index (κ3) is 1.79. The molecular formula is C17H14N4O. The second-order valence-electron chi connectivity index (χ2n) is 5.37. The first-order valence-corrected chi connectivity index (χ1v) is 7.01. The molecule has 0 saturated carbocycles. The molecule has 0 saturated heterocycles. The summed E-state index contributed by atoms with van der Waals surface area (Å²) in [6, 6.07) is 15.2. The molecule has 4 aromatic rings. The molecule has 22 heavy (non-hydrogen) atoms. The van der Waals surface area contributed by atoms with Gasteiger partial charge >= 0.3 is 0 Å². The number of hydrogen-bond donors (Lipinski definition) is 2. The number of anilines is 1. The highest BCUT2D eigenvalue weighted by molar-refractivity contribution is 5.82. The third-order valence-electron chi connectivity index (χ3n) is 3.86. The second kappa shape index (κ2) is 4.46. The molecule has 2 aromatic carbocycles. The van der Waals surface area contributed by atoms with E-state index < -0.39 is 0 Å². The summed E-state index contributed by atoms with van der Waals surface area (Å²) >= 11 is 0. The fourth-order valence-electron chi connectivity index (χ4n) is 2.74. The van der Waals surface area contributed by atoms with E-state index >= 15 is 0 Å². The summed E-state index contributed by atoms with van der Waals surface area (Å²) in [4.78, 5) is 15.1. The Morgan fingerprint density at radius 3 is 2.73 bits per heavy atom. The van der Waals surface area contributed by atoms with Gasteiger partial charge in [0.15, 0.2) is 0 Å². The number of aryl methyl sites for hydroxylation is 1. The van der Waals surface area contributed by atoms with E-state index in [1.807, 2.05) is 43.3 Å². The summed E-state index contributed by atoms with van der Waals surface area (Å²) < 4.78 is 1.68. The van der Waals surface area contributed by atoms with E-state index in [9.17, 15) is 4.79 Å². The zero-order valence-corrected chi connectivity index (χ0v) is 12.0. The Bertz CT molecular complexity index is 1080. The molecule has 0 spiro atoms. The average molecular weight is 290 g/mol. The smallest absolute Gasteiger partial charge is 0.274 e. The van der Waals surface area contributed by atoms with Crippen molar-refractivity contribution in [1.29, 1.82) is 0 Å². The molecule has 0 atom stereocenters. The van der Waals surface area contributed by atoms with Crippen molar-refractivity contribution in [1.82, 2.24) is 14.6 Å². The zero-order chi connectivity index (χ0) is 15.3. The number of hydrogen-bond acceptors (Lipinski definition) is 3. The maximum atomic E-state index is 12.3. The first-order valence-electron chi connectivity index (χ1n) is 7.01. The number of rotatable bonds is 1. The summed E-state index contributed by atoms with van der Waals surface area (Å²) in [5.74, 6) is 0. The van der Waals surface area contributed by atoms with E-state index in [4.69, 9.17) is 5.73 Å². The van der Waals surface area contributed by atoms with Gasteiger partial charge in [0.05, 0.1) is 16.7 Å². The van der Waals surface area contributed by atoms with Crippen molar-refractivity contribution in [2.24, 2.45) is 0 Å². The Kier molecular flexibility index (Phi) is 2.56. The number of nitrogens with one attached hydrogen (secondary N) is 1. The van der Waals surface area contributed by atoms with E-state index in [2.05, 4.69) is 10.1 Å². The predicted octanol–water partition coefficient (Wildman–Crippen LogP) is 2.73. The van der Waals surface area contributed by atoms with E-state index in [1.165, 1.54) is 0 Å². The molecule has 5 heteroatoms. The lowest BCUT2D eigenvalue weighted by molar-refractivity contribution is 0.990. The largest absolute Gasteiger partial charge is 0.399 e. The predicted molar refractivity (Wildman–Crippen MR) is 87.9 cm³/mol. The number of H-pyrrole nitrogens is 1. The van der Waals surface area contributed by atoms with Crippen LogP contribution in [-0.2, 0) is 0 Å². The van der Waals surface area contributed by atoms with E-state index in [0.29, 0.717) is 16.7 Å². The van der Waals surface area contributed by atoms with Crippen molar-refractivity contribution in [2.75, 3.05) is 5.73 Å². The second-order valence-corrected chi connectivity index (χ2v) is 5.37.